The largest absolute Gasteiger partial charge is 0.314 e. The second-order valence-corrected chi connectivity index (χ2v) is 4.64. The Hall–Kier alpha value is -0.350. The lowest BCUT2D eigenvalue weighted by molar-refractivity contribution is 0.164. The Kier molecular flexibility index (Phi) is 9.36. The summed E-state index contributed by atoms with van der Waals surface area (Å²) < 4.78 is 13.0. The molecule has 0 spiro atoms. The zero-order valence-electron chi connectivity index (χ0n) is 11.3. The zero-order valence-corrected chi connectivity index (χ0v) is 12.9. The van der Waals surface area contributed by atoms with Crippen molar-refractivity contribution in [3.63, 3.8) is 0 Å². The smallest absolute Gasteiger partial charge is 0.123 e. The molecular weight excluding hydrogens is 286 g/mol. The quantitative estimate of drug-likeness (QED) is 0.917. The third-order valence-corrected chi connectivity index (χ3v) is 3.41. The van der Waals surface area contributed by atoms with E-state index in [4.69, 9.17) is 0 Å². The molecule has 0 bridgehead atoms. The Labute approximate surface area is 127 Å². The highest BCUT2D eigenvalue weighted by Crippen LogP contribution is 2.26. The Morgan fingerprint density at radius 2 is 1.74 bits per heavy atom. The maximum atomic E-state index is 13.0. The summed E-state index contributed by atoms with van der Waals surface area (Å²) >= 11 is 0. The molecular formula is C14H23Cl2FN2. The first-order valence-corrected chi connectivity index (χ1v) is 6.51. The van der Waals surface area contributed by atoms with Crippen LogP contribution in [0.4, 0.5) is 4.39 Å². The monoisotopic (exact) mass is 308 g/mol. The summed E-state index contributed by atoms with van der Waals surface area (Å²) in [6, 6.07) is 7.44. The lowest BCUT2D eigenvalue weighted by Crippen LogP contribution is -2.45. The first kappa shape index (κ1) is 18.7. The molecule has 1 saturated heterocycles. The number of benzene rings is 1. The van der Waals surface area contributed by atoms with Gasteiger partial charge in [-0.1, -0.05) is 25.5 Å². The second kappa shape index (κ2) is 9.54. The minimum Gasteiger partial charge on any atom is -0.314 e. The number of hydrogen-bond donors (Lipinski definition) is 1. The molecule has 0 unspecified atom stereocenters. The molecule has 1 fully saturated rings. The highest BCUT2D eigenvalue weighted by molar-refractivity contribution is 5.85. The summed E-state index contributed by atoms with van der Waals surface area (Å²) in [5.74, 6) is -0.149. The normalized spacial score (nSPS) is 17.2. The summed E-state index contributed by atoms with van der Waals surface area (Å²) in [6.07, 6.45) is 2.30. The first-order chi connectivity index (χ1) is 8.31. The fourth-order valence-corrected chi connectivity index (χ4v) is 2.51. The van der Waals surface area contributed by atoms with Crippen molar-refractivity contribution >= 4 is 24.8 Å². The van der Waals surface area contributed by atoms with Crippen LogP contribution in [0.1, 0.15) is 31.4 Å². The van der Waals surface area contributed by atoms with Gasteiger partial charge in [0.05, 0.1) is 0 Å². The van der Waals surface area contributed by atoms with Gasteiger partial charge in [-0.2, -0.15) is 0 Å². The highest BCUT2D eigenvalue weighted by atomic mass is 35.5. The topological polar surface area (TPSA) is 15.3 Å². The molecule has 1 heterocycles. The minimum absolute atomic E-state index is 0. The molecule has 2 rings (SSSR count). The molecule has 1 aliphatic heterocycles. The summed E-state index contributed by atoms with van der Waals surface area (Å²) in [4.78, 5) is 2.51. The van der Waals surface area contributed by atoms with Crippen LogP contribution in [0.2, 0.25) is 0 Å². The summed E-state index contributed by atoms with van der Waals surface area (Å²) in [6.45, 7) is 6.49. The lowest BCUT2D eigenvalue weighted by atomic mass is 10.00. The van der Waals surface area contributed by atoms with Gasteiger partial charge < -0.3 is 5.32 Å². The molecule has 1 atom stereocenters. The Bertz CT molecular complexity index is 340. The van der Waals surface area contributed by atoms with Crippen molar-refractivity contribution in [3.8, 4) is 0 Å². The van der Waals surface area contributed by atoms with Crippen LogP contribution in [0.3, 0.4) is 0 Å². The molecule has 1 aromatic carbocycles. The summed E-state index contributed by atoms with van der Waals surface area (Å²) in [5, 5.41) is 3.37. The van der Waals surface area contributed by atoms with Crippen LogP contribution in [-0.4, -0.2) is 31.1 Å². The van der Waals surface area contributed by atoms with Crippen LogP contribution in [0.25, 0.3) is 0 Å². The molecule has 0 saturated carbocycles. The van der Waals surface area contributed by atoms with Gasteiger partial charge in [0.2, 0.25) is 0 Å². The van der Waals surface area contributed by atoms with Crippen molar-refractivity contribution in [2.75, 3.05) is 26.2 Å². The van der Waals surface area contributed by atoms with E-state index in [0.717, 1.165) is 39.0 Å². The van der Waals surface area contributed by atoms with Gasteiger partial charge >= 0.3 is 0 Å². The third-order valence-electron chi connectivity index (χ3n) is 3.41. The molecule has 0 aliphatic carbocycles. The molecule has 1 N–H and O–H groups in total. The number of halogens is 3. The van der Waals surface area contributed by atoms with Gasteiger partial charge in [0.1, 0.15) is 5.82 Å². The van der Waals surface area contributed by atoms with Crippen molar-refractivity contribution in [1.82, 2.24) is 10.2 Å². The molecule has 5 heteroatoms. The fourth-order valence-electron chi connectivity index (χ4n) is 2.51. The van der Waals surface area contributed by atoms with E-state index in [0.29, 0.717) is 6.04 Å². The molecule has 0 aromatic heterocycles. The van der Waals surface area contributed by atoms with Crippen molar-refractivity contribution in [3.05, 3.63) is 35.6 Å². The van der Waals surface area contributed by atoms with Gasteiger partial charge in [-0.25, -0.2) is 4.39 Å². The molecule has 0 amide bonds. The molecule has 1 aromatic rings. The van der Waals surface area contributed by atoms with Gasteiger partial charge in [0.25, 0.3) is 0 Å². The van der Waals surface area contributed by atoms with Crippen LogP contribution < -0.4 is 5.32 Å². The molecule has 19 heavy (non-hydrogen) atoms. The number of nitrogens with zero attached hydrogens (tertiary/aromatic N) is 1. The Balaban J connectivity index is 0.00000162. The summed E-state index contributed by atoms with van der Waals surface area (Å²) in [5.41, 5.74) is 1.25. The Morgan fingerprint density at radius 3 is 2.26 bits per heavy atom. The lowest BCUT2D eigenvalue weighted by Gasteiger charge is -2.35. The van der Waals surface area contributed by atoms with Crippen molar-refractivity contribution < 1.29 is 4.39 Å². The van der Waals surface area contributed by atoms with E-state index < -0.39 is 0 Å². The molecule has 1 aliphatic rings. The van der Waals surface area contributed by atoms with E-state index in [1.165, 1.54) is 5.56 Å². The van der Waals surface area contributed by atoms with E-state index in [1.54, 1.807) is 12.1 Å². The van der Waals surface area contributed by atoms with Gasteiger partial charge in [-0.15, -0.1) is 24.8 Å². The molecule has 110 valence electrons. The third kappa shape index (κ3) is 5.27. The average Bonchev–Trinajstić information content (AvgIpc) is 2.38. The number of hydrogen-bond acceptors (Lipinski definition) is 2. The van der Waals surface area contributed by atoms with Crippen LogP contribution in [0, 0.1) is 5.82 Å². The summed E-state index contributed by atoms with van der Waals surface area (Å²) in [7, 11) is 0. The second-order valence-electron chi connectivity index (χ2n) is 4.64. The fraction of sp³-hybridized carbons (Fsp3) is 0.571. The SMILES string of the molecule is CCC[C@@H](c1ccc(F)cc1)N1CCNCC1.Cl.Cl. The van der Waals surface area contributed by atoms with E-state index in [1.807, 2.05) is 12.1 Å². The van der Waals surface area contributed by atoms with Crippen molar-refractivity contribution in [2.24, 2.45) is 0 Å². The highest BCUT2D eigenvalue weighted by Gasteiger charge is 2.21. The van der Waals surface area contributed by atoms with E-state index in [9.17, 15) is 4.39 Å². The minimum atomic E-state index is -0.149. The van der Waals surface area contributed by atoms with Gasteiger partial charge in [0, 0.05) is 32.2 Å². The number of rotatable bonds is 4. The van der Waals surface area contributed by atoms with Gasteiger partial charge in [0.15, 0.2) is 0 Å². The van der Waals surface area contributed by atoms with E-state index in [2.05, 4.69) is 17.1 Å². The van der Waals surface area contributed by atoms with Crippen molar-refractivity contribution in [2.45, 2.75) is 25.8 Å². The Morgan fingerprint density at radius 1 is 1.16 bits per heavy atom. The molecule has 0 radical (unpaired) electrons. The standard InChI is InChI=1S/C14H21FN2.2ClH/c1-2-3-14(17-10-8-16-9-11-17)12-4-6-13(15)7-5-12;;/h4-7,14,16H,2-3,8-11H2,1H3;2*1H/t14-;;/m0../s1. The van der Waals surface area contributed by atoms with Crippen LogP contribution in [0.15, 0.2) is 24.3 Å². The van der Waals surface area contributed by atoms with Crippen LogP contribution in [-0.2, 0) is 0 Å². The number of piperazine rings is 1. The van der Waals surface area contributed by atoms with Crippen molar-refractivity contribution in [1.29, 1.82) is 0 Å². The number of nitrogens with one attached hydrogen (secondary N) is 1. The van der Waals surface area contributed by atoms with Gasteiger partial charge in [-0.05, 0) is 24.1 Å². The zero-order chi connectivity index (χ0) is 12.1. The predicted molar refractivity (Wildman–Crippen MR) is 83.0 cm³/mol. The predicted octanol–water partition coefficient (Wildman–Crippen LogP) is 3.42. The van der Waals surface area contributed by atoms with Gasteiger partial charge in [-0.3, -0.25) is 4.90 Å². The molecule has 2 nitrogen and oxygen atoms in total. The maximum Gasteiger partial charge on any atom is 0.123 e. The van der Waals surface area contributed by atoms with E-state index in [-0.39, 0.29) is 30.6 Å². The first-order valence-electron chi connectivity index (χ1n) is 6.51. The average molecular weight is 309 g/mol. The van der Waals surface area contributed by atoms with Crippen LogP contribution in [0.5, 0.6) is 0 Å². The van der Waals surface area contributed by atoms with E-state index >= 15 is 0 Å². The van der Waals surface area contributed by atoms with Crippen LogP contribution >= 0.6 is 24.8 Å². The maximum absolute atomic E-state index is 13.0.